The molecule has 0 bridgehead atoms. The highest BCUT2D eigenvalue weighted by Gasteiger charge is 1.96. The van der Waals surface area contributed by atoms with E-state index >= 15 is 0 Å². The van der Waals surface area contributed by atoms with E-state index in [1.54, 1.807) is 12.0 Å². The lowest BCUT2D eigenvalue weighted by atomic mass is 10.2. The van der Waals surface area contributed by atoms with Crippen molar-refractivity contribution in [1.82, 2.24) is 4.90 Å². The topological polar surface area (TPSA) is 29.5 Å². The Morgan fingerprint density at radius 3 is 2.58 bits per heavy atom. The Hall–Kier alpha value is -0.570. The molecule has 0 aromatic heterocycles. The van der Waals surface area contributed by atoms with Crippen molar-refractivity contribution in [2.45, 2.75) is 26.2 Å². The molecule has 0 saturated carbocycles. The van der Waals surface area contributed by atoms with Gasteiger partial charge in [0.1, 0.15) is 0 Å². The number of rotatable bonds is 8. The van der Waals surface area contributed by atoms with E-state index in [0.29, 0.717) is 0 Å². The second-order valence-corrected chi connectivity index (χ2v) is 2.79. The van der Waals surface area contributed by atoms with Crippen LogP contribution in [0.3, 0.4) is 0 Å². The van der Waals surface area contributed by atoms with Crippen molar-refractivity contribution in [2.24, 2.45) is 0 Å². The Morgan fingerprint density at radius 2 is 2.08 bits per heavy atom. The van der Waals surface area contributed by atoms with E-state index in [1.807, 2.05) is 6.92 Å². The van der Waals surface area contributed by atoms with Crippen molar-refractivity contribution in [3.8, 4) is 0 Å². The zero-order chi connectivity index (χ0) is 9.23. The van der Waals surface area contributed by atoms with Crippen molar-refractivity contribution in [3.05, 3.63) is 0 Å². The summed E-state index contributed by atoms with van der Waals surface area (Å²) in [5, 5.41) is 0. The van der Waals surface area contributed by atoms with E-state index in [2.05, 4.69) is 0 Å². The fourth-order valence-corrected chi connectivity index (χ4v) is 1.02. The number of hydrogen-bond donors (Lipinski definition) is 0. The summed E-state index contributed by atoms with van der Waals surface area (Å²) >= 11 is 0. The number of unbranched alkanes of at least 4 members (excludes halogenated alkanes) is 2. The second kappa shape index (κ2) is 8.53. The predicted octanol–water partition coefficient (Wildman–Crippen LogP) is 1.28. The van der Waals surface area contributed by atoms with E-state index in [9.17, 15) is 4.79 Å². The third-order valence-electron chi connectivity index (χ3n) is 1.85. The molecule has 0 saturated heterocycles. The van der Waals surface area contributed by atoms with Crippen LogP contribution in [0.1, 0.15) is 26.2 Å². The largest absolute Gasteiger partial charge is 0.385 e. The number of nitrogens with zero attached hydrogens (tertiary/aromatic N) is 1. The first kappa shape index (κ1) is 11.4. The summed E-state index contributed by atoms with van der Waals surface area (Å²) in [4.78, 5) is 12.1. The van der Waals surface area contributed by atoms with Gasteiger partial charge in [0.25, 0.3) is 0 Å². The zero-order valence-electron chi connectivity index (χ0n) is 8.08. The summed E-state index contributed by atoms with van der Waals surface area (Å²) in [6.45, 7) is 4.51. The molecule has 12 heavy (non-hydrogen) atoms. The minimum absolute atomic E-state index is 0.813. The van der Waals surface area contributed by atoms with Gasteiger partial charge in [0, 0.05) is 26.8 Å². The molecule has 0 fully saturated rings. The third kappa shape index (κ3) is 6.16. The molecular formula is C9H19NO2. The molecule has 72 valence electrons. The molecule has 0 radical (unpaired) electrons. The SMILES string of the molecule is CCN(C=O)CCCCCOC. The van der Waals surface area contributed by atoms with Gasteiger partial charge in [-0.15, -0.1) is 0 Å². The van der Waals surface area contributed by atoms with Gasteiger partial charge in [0.15, 0.2) is 0 Å². The first-order valence-corrected chi connectivity index (χ1v) is 4.53. The van der Waals surface area contributed by atoms with Gasteiger partial charge in [-0.3, -0.25) is 4.79 Å². The molecule has 0 heterocycles. The van der Waals surface area contributed by atoms with Crippen molar-refractivity contribution in [3.63, 3.8) is 0 Å². The molecule has 3 nitrogen and oxygen atoms in total. The molecule has 0 spiro atoms. The van der Waals surface area contributed by atoms with Crippen LogP contribution in [0, 0.1) is 0 Å². The average Bonchev–Trinajstić information content (AvgIpc) is 2.11. The molecule has 1 amide bonds. The highest BCUT2D eigenvalue weighted by Crippen LogP contribution is 1.97. The maximum atomic E-state index is 10.4. The normalized spacial score (nSPS) is 9.83. The highest BCUT2D eigenvalue weighted by molar-refractivity contribution is 5.46. The van der Waals surface area contributed by atoms with Gasteiger partial charge in [-0.25, -0.2) is 0 Å². The lowest BCUT2D eigenvalue weighted by Crippen LogP contribution is -2.22. The summed E-state index contributed by atoms with van der Waals surface area (Å²) in [6, 6.07) is 0. The Kier molecular flexibility index (Phi) is 8.12. The van der Waals surface area contributed by atoms with E-state index in [1.165, 1.54) is 0 Å². The van der Waals surface area contributed by atoms with Gasteiger partial charge in [0.05, 0.1) is 0 Å². The fraction of sp³-hybridized carbons (Fsp3) is 0.889. The molecule has 0 aliphatic rings. The Labute approximate surface area is 74.7 Å². The van der Waals surface area contributed by atoms with Crippen LogP contribution >= 0.6 is 0 Å². The van der Waals surface area contributed by atoms with Crippen molar-refractivity contribution in [2.75, 3.05) is 26.8 Å². The number of hydrogen-bond acceptors (Lipinski definition) is 2. The molecule has 0 aliphatic heterocycles. The molecule has 0 aromatic rings. The number of carbonyl (C=O) groups is 1. The lowest BCUT2D eigenvalue weighted by molar-refractivity contribution is -0.118. The molecule has 0 aliphatic carbocycles. The minimum Gasteiger partial charge on any atom is -0.385 e. The van der Waals surface area contributed by atoms with Crippen molar-refractivity contribution in [1.29, 1.82) is 0 Å². The van der Waals surface area contributed by atoms with Crippen LogP contribution < -0.4 is 0 Å². The van der Waals surface area contributed by atoms with E-state index in [-0.39, 0.29) is 0 Å². The molecule has 0 unspecified atom stereocenters. The van der Waals surface area contributed by atoms with Gasteiger partial charge < -0.3 is 9.64 Å². The Bertz CT molecular complexity index is 107. The maximum Gasteiger partial charge on any atom is 0.209 e. The third-order valence-corrected chi connectivity index (χ3v) is 1.85. The summed E-state index contributed by atoms with van der Waals surface area (Å²) in [5.74, 6) is 0. The molecule has 0 rings (SSSR count). The van der Waals surface area contributed by atoms with Crippen LogP contribution in [-0.2, 0) is 9.53 Å². The standard InChI is InChI=1S/C9H19NO2/c1-3-10(9-11)7-5-4-6-8-12-2/h9H,3-8H2,1-2H3. The Morgan fingerprint density at radius 1 is 1.33 bits per heavy atom. The van der Waals surface area contributed by atoms with Gasteiger partial charge in [-0.05, 0) is 26.2 Å². The first-order valence-electron chi connectivity index (χ1n) is 4.53. The molecule has 0 atom stereocenters. The van der Waals surface area contributed by atoms with Gasteiger partial charge in [0.2, 0.25) is 6.41 Å². The smallest absolute Gasteiger partial charge is 0.209 e. The average molecular weight is 173 g/mol. The summed E-state index contributed by atoms with van der Waals surface area (Å²) in [5.41, 5.74) is 0. The first-order chi connectivity index (χ1) is 5.85. The van der Waals surface area contributed by atoms with Gasteiger partial charge in [-0.2, -0.15) is 0 Å². The number of amides is 1. The van der Waals surface area contributed by atoms with Crippen LogP contribution in [0.15, 0.2) is 0 Å². The van der Waals surface area contributed by atoms with E-state index in [0.717, 1.165) is 45.4 Å². The monoisotopic (exact) mass is 173 g/mol. The van der Waals surface area contributed by atoms with Crippen LogP contribution in [0.5, 0.6) is 0 Å². The Balaban J connectivity index is 3.12. The number of ether oxygens (including phenoxy) is 1. The number of methoxy groups -OCH3 is 1. The fourth-order valence-electron chi connectivity index (χ4n) is 1.02. The quantitative estimate of drug-likeness (QED) is 0.409. The van der Waals surface area contributed by atoms with Crippen molar-refractivity contribution < 1.29 is 9.53 Å². The van der Waals surface area contributed by atoms with Crippen molar-refractivity contribution >= 4 is 6.41 Å². The van der Waals surface area contributed by atoms with E-state index < -0.39 is 0 Å². The van der Waals surface area contributed by atoms with Crippen LogP contribution in [0.2, 0.25) is 0 Å². The highest BCUT2D eigenvalue weighted by atomic mass is 16.5. The second-order valence-electron chi connectivity index (χ2n) is 2.79. The van der Waals surface area contributed by atoms with Crippen LogP contribution in [0.4, 0.5) is 0 Å². The molecule has 0 N–H and O–H groups in total. The summed E-state index contributed by atoms with van der Waals surface area (Å²) < 4.78 is 4.92. The summed E-state index contributed by atoms with van der Waals surface area (Å²) in [6.07, 6.45) is 4.22. The van der Waals surface area contributed by atoms with Crippen LogP contribution in [0.25, 0.3) is 0 Å². The zero-order valence-corrected chi connectivity index (χ0v) is 8.08. The minimum atomic E-state index is 0.813. The molecule has 0 aromatic carbocycles. The van der Waals surface area contributed by atoms with Gasteiger partial charge >= 0.3 is 0 Å². The molecule has 3 heteroatoms. The predicted molar refractivity (Wildman–Crippen MR) is 49.0 cm³/mol. The summed E-state index contributed by atoms with van der Waals surface area (Å²) in [7, 11) is 1.71. The van der Waals surface area contributed by atoms with E-state index in [4.69, 9.17) is 4.74 Å². The number of carbonyl (C=O) groups excluding carboxylic acids is 1. The van der Waals surface area contributed by atoms with Gasteiger partial charge in [-0.1, -0.05) is 0 Å². The molecular weight excluding hydrogens is 154 g/mol. The lowest BCUT2D eigenvalue weighted by Gasteiger charge is -2.13. The maximum absolute atomic E-state index is 10.4. The van der Waals surface area contributed by atoms with Crippen LogP contribution in [-0.4, -0.2) is 38.1 Å².